The fourth-order valence-electron chi connectivity index (χ4n) is 0.868. The summed E-state index contributed by atoms with van der Waals surface area (Å²) in [6, 6.07) is 3.33. The molecule has 0 radical (unpaired) electrons. The summed E-state index contributed by atoms with van der Waals surface area (Å²) < 4.78 is 12.7. The first-order valence-electron chi connectivity index (χ1n) is 3.78. The molecule has 0 heterocycles. The molecule has 0 atom stereocenters. The number of aromatic hydroxyl groups is 1. The minimum Gasteiger partial charge on any atom is -0.508 e. The molecule has 3 nitrogen and oxygen atoms in total. The van der Waals surface area contributed by atoms with Gasteiger partial charge in [-0.15, -0.1) is 0 Å². The number of phenolic OH excluding ortho intramolecular Hbond substituents is 1. The van der Waals surface area contributed by atoms with Crippen molar-refractivity contribution in [1.29, 1.82) is 0 Å². The summed E-state index contributed by atoms with van der Waals surface area (Å²) in [5.41, 5.74) is 0.253. The second-order valence-corrected chi connectivity index (χ2v) is 2.57. The van der Waals surface area contributed by atoms with Crippen LogP contribution in [0.25, 0.3) is 0 Å². The van der Waals surface area contributed by atoms with Gasteiger partial charge in [0, 0.05) is 11.6 Å². The van der Waals surface area contributed by atoms with Crippen LogP contribution in [0, 0.1) is 17.7 Å². The summed E-state index contributed by atoms with van der Waals surface area (Å²) in [4.78, 5) is 10.1. The highest BCUT2D eigenvalue weighted by atomic mass is 19.1. The van der Waals surface area contributed by atoms with Crippen LogP contribution in [-0.2, 0) is 4.79 Å². The fourth-order valence-corrected chi connectivity index (χ4v) is 0.868. The highest BCUT2D eigenvalue weighted by molar-refractivity contribution is 5.70. The fraction of sp³-hybridized carbons (Fsp3) is 0.100. The Morgan fingerprint density at radius 2 is 2.14 bits per heavy atom. The molecule has 0 aliphatic heterocycles. The number of aliphatic carboxylic acids is 1. The maximum atomic E-state index is 12.7. The first-order chi connectivity index (χ1) is 6.58. The van der Waals surface area contributed by atoms with E-state index in [1.807, 2.05) is 0 Å². The maximum Gasteiger partial charge on any atom is 0.315 e. The van der Waals surface area contributed by atoms with Crippen LogP contribution in [0.15, 0.2) is 18.2 Å². The van der Waals surface area contributed by atoms with Crippen molar-refractivity contribution in [2.24, 2.45) is 0 Å². The van der Waals surface area contributed by atoms with Crippen LogP contribution in [0.4, 0.5) is 4.39 Å². The maximum absolute atomic E-state index is 12.7. The molecule has 1 aromatic carbocycles. The van der Waals surface area contributed by atoms with Crippen molar-refractivity contribution in [3.05, 3.63) is 29.6 Å². The molecule has 0 amide bonds. The molecule has 14 heavy (non-hydrogen) atoms. The highest BCUT2D eigenvalue weighted by Crippen LogP contribution is 2.13. The number of carboxylic acid groups (broad SMARTS) is 1. The zero-order valence-corrected chi connectivity index (χ0v) is 7.12. The van der Waals surface area contributed by atoms with Crippen LogP contribution in [0.3, 0.4) is 0 Å². The molecule has 0 saturated carbocycles. The SMILES string of the molecule is O=C(O)CC#Cc1cc(O)cc(F)c1. The van der Waals surface area contributed by atoms with E-state index in [1.54, 1.807) is 0 Å². The van der Waals surface area contributed by atoms with E-state index in [9.17, 15) is 9.18 Å². The minimum absolute atomic E-state index is 0.232. The lowest BCUT2D eigenvalue weighted by molar-refractivity contribution is -0.135. The van der Waals surface area contributed by atoms with Crippen LogP contribution in [0.1, 0.15) is 12.0 Å². The lowest BCUT2D eigenvalue weighted by atomic mass is 10.2. The summed E-state index contributed by atoms with van der Waals surface area (Å²) in [5, 5.41) is 17.3. The van der Waals surface area contributed by atoms with E-state index < -0.39 is 11.8 Å². The van der Waals surface area contributed by atoms with E-state index in [4.69, 9.17) is 10.2 Å². The summed E-state index contributed by atoms with van der Waals surface area (Å²) in [6.45, 7) is 0. The Kier molecular flexibility index (Phi) is 3.08. The van der Waals surface area contributed by atoms with Crippen LogP contribution in [0.2, 0.25) is 0 Å². The van der Waals surface area contributed by atoms with E-state index in [2.05, 4.69) is 11.8 Å². The predicted molar refractivity (Wildman–Crippen MR) is 47.2 cm³/mol. The molecule has 0 spiro atoms. The van der Waals surface area contributed by atoms with Crippen LogP contribution < -0.4 is 0 Å². The molecule has 0 fully saturated rings. The Bertz CT molecular complexity index is 395. The molecule has 4 heteroatoms. The Balaban J connectivity index is 2.84. The number of hydrogen-bond donors (Lipinski definition) is 2. The third kappa shape index (κ3) is 3.15. The van der Waals surface area contributed by atoms with Gasteiger partial charge in [0.1, 0.15) is 18.0 Å². The van der Waals surface area contributed by atoms with Crippen molar-refractivity contribution in [2.45, 2.75) is 6.42 Å². The number of carbonyl (C=O) groups is 1. The Hall–Kier alpha value is -2.02. The zero-order chi connectivity index (χ0) is 10.6. The standard InChI is InChI=1S/C10H7FO3/c11-8-4-7(5-9(12)6-8)2-1-3-10(13)14/h4-6,12H,3H2,(H,13,14). The Morgan fingerprint density at radius 3 is 2.71 bits per heavy atom. The molecule has 0 aliphatic rings. The smallest absolute Gasteiger partial charge is 0.315 e. The monoisotopic (exact) mass is 194 g/mol. The van der Waals surface area contributed by atoms with Gasteiger partial charge in [0.25, 0.3) is 0 Å². The molecular weight excluding hydrogens is 187 g/mol. The average Bonchev–Trinajstić information content (AvgIpc) is 2.01. The van der Waals surface area contributed by atoms with Gasteiger partial charge in [-0.3, -0.25) is 4.79 Å². The van der Waals surface area contributed by atoms with Gasteiger partial charge in [-0.05, 0) is 12.1 Å². The number of halogens is 1. The van der Waals surface area contributed by atoms with Crippen molar-refractivity contribution in [3.63, 3.8) is 0 Å². The second kappa shape index (κ2) is 4.28. The van der Waals surface area contributed by atoms with Crippen molar-refractivity contribution < 1.29 is 19.4 Å². The summed E-state index contributed by atoms with van der Waals surface area (Å²) in [7, 11) is 0. The largest absolute Gasteiger partial charge is 0.508 e. The van der Waals surface area contributed by atoms with Gasteiger partial charge in [0.15, 0.2) is 0 Å². The van der Waals surface area contributed by atoms with Gasteiger partial charge < -0.3 is 10.2 Å². The van der Waals surface area contributed by atoms with E-state index in [1.165, 1.54) is 6.07 Å². The number of phenols is 1. The van der Waals surface area contributed by atoms with Gasteiger partial charge in [-0.1, -0.05) is 11.8 Å². The topological polar surface area (TPSA) is 57.5 Å². The molecule has 1 aromatic rings. The van der Waals surface area contributed by atoms with Gasteiger partial charge in [-0.2, -0.15) is 0 Å². The summed E-state index contributed by atoms with van der Waals surface area (Å²) in [6.07, 6.45) is -0.308. The van der Waals surface area contributed by atoms with Crippen LogP contribution in [0.5, 0.6) is 5.75 Å². The molecule has 0 aromatic heterocycles. The number of rotatable bonds is 1. The Labute approximate surface area is 79.8 Å². The van der Waals surface area contributed by atoms with E-state index >= 15 is 0 Å². The average molecular weight is 194 g/mol. The first-order valence-corrected chi connectivity index (χ1v) is 3.78. The number of carboxylic acids is 1. The third-order valence-electron chi connectivity index (χ3n) is 1.35. The lowest BCUT2D eigenvalue weighted by Gasteiger charge is -1.93. The molecule has 0 aliphatic carbocycles. The van der Waals surface area contributed by atoms with Crippen molar-refractivity contribution in [3.8, 4) is 17.6 Å². The highest BCUT2D eigenvalue weighted by Gasteiger charge is 1.96. The third-order valence-corrected chi connectivity index (χ3v) is 1.35. The van der Waals surface area contributed by atoms with Gasteiger partial charge in [-0.25, -0.2) is 4.39 Å². The molecule has 2 N–H and O–H groups in total. The van der Waals surface area contributed by atoms with Crippen molar-refractivity contribution in [2.75, 3.05) is 0 Å². The molecule has 0 unspecified atom stereocenters. The number of hydrogen-bond acceptors (Lipinski definition) is 2. The quantitative estimate of drug-likeness (QED) is 0.663. The molecule has 0 saturated heterocycles. The number of benzene rings is 1. The first kappa shape index (κ1) is 10.1. The van der Waals surface area contributed by atoms with E-state index in [0.717, 1.165) is 12.1 Å². The van der Waals surface area contributed by atoms with Crippen LogP contribution in [-0.4, -0.2) is 16.2 Å². The molecule has 0 bridgehead atoms. The van der Waals surface area contributed by atoms with Gasteiger partial charge >= 0.3 is 5.97 Å². The minimum atomic E-state index is -1.04. The molecule has 1 rings (SSSR count). The normalized spacial score (nSPS) is 8.93. The lowest BCUT2D eigenvalue weighted by Crippen LogP contribution is -1.90. The van der Waals surface area contributed by atoms with E-state index in [0.29, 0.717) is 0 Å². The Morgan fingerprint density at radius 1 is 1.43 bits per heavy atom. The van der Waals surface area contributed by atoms with Gasteiger partial charge in [0.2, 0.25) is 0 Å². The summed E-state index contributed by atoms with van der Waals surface area (Å²) >= 11 is 0. The predicted octanol–water partition coefficient (Wildman–Crippen LogP) is 1.36. The second-order valence-electron chi connectivity index (χ2n) is 2.57. The zero-order valence-electron chi connectivity index (χ0n) is 7.12. The van der Waals surface area contributed by atoms with Gasteiger partial charge in [0.05, 0.1) is 0 Å². The molecule has 72 valence electrons. The van der Waals surface area contributed by atoms with Crippen LogP contribution >= 0.6 is 0 Å². The molecular formula is C10H7FO3. The van der Waals surface area contributed by atoms with Crippen molar-refractivity contribution in [1.82, 2.24) is 0 Å². The van der Waals surface area contributed by atoms with E-state index in [-0.39, 0.29) is 17.7 Å². The summed E-state index contributed by atoms with van der Waals surface area (Å²) in [5.74, 6) is 2.87. The van der Waals surface area contributed by atoms with Crippen molar-refractivity contribution >= 4 is 5.97 Å².